The van der Waals surface area contributed by atoms with Crippen molar-refractivity contribution in [3.8, 4) is 6.07 Å². The molecule has 0 saturated heterocycles. The van der Waals surface area contributed by atoms with Crippen LogP contribution in [0, 0.1) is 11.3 Å². The van der Waals surface area contributed by atoms with Gasteiger partial charge in [0.05, 0.1) is 36.8 Å². The van der Waals surface area contributed by atoms with E-state index in [0.29, 0.717) is 0 Å². The molecule has 0 fully saturated rings. The molecule has 0 saturated carbocycles. The molecule has 3 nitrogen and oxygen atoms in total. The van der Waals surface area contributed by atoms with Crippen LogP contribution >= 0.6 is 7.26 Å². The largest absolute Gasteiger partial charge is 0.462 e. The first kappa shape index (κ1) is 22.5. The molecule has 0 aromatic heterocycles. The molecule has 0 unspecified atom stereocenters. The second-order valence-corrected chi connectivity index (χ2v) is 11.2. The SMILES string of the molecule is CCOC(=O)/C(C#N)=C/c1ccc(C[P+](CC)(c2ccccc2)c2ccccc2)cc1. The maximum Gasteiger partial charge on any atom is 0.348 e. The lowest BCUT2D eigenvalue weighted by Gasteiger charge is -2.26. The summed E-state index contributed by atoms with van der Waals surface area (Å²) >= 11 is 0. The van der Waals surface area contributed by atoms with Crippen LogP contribution in [0.2, 0.25) is 0 Å². The summed E-state index contributed by atoms with van der Waals surface area (Å²) in [7, 11) is -1.62. The van der Waals surface area contributed by atoms with Crippen molar-refractivity contribution in [2.45, 2.75) is 20.0 Å². The Morgan fingerprint density at radius 2 is 1.45 bits per heavy atom. The van der Waals surface area contributed by atoms with Gasteiger partial charge in [0, 0.05) is 0 Å². The molecule has 4 heteroatoms. The Morgan fingerprint density at radius 1 is 0.903 bits per heavy atom. The van der Waals surface area contributed by atoms with E-state index in [9.17, 15) is 10.1 Å². The molecule has 0 heterocycles. The van der Waals surface area contributed by atoms with Gasteiger partial charge >= 0.3 is 5.97 Å². The van der Waals surface area contributed by atoms with Crippen molar-refractivity contribution in [1.82, 2.24) is 0 Å². The molecule has 31 heavy (non-hydrogen) atoms. The Kier molecular flexibility index (Phi) is 7.76. The van der Waals surface area contributed by atoms with Crippen LogP contribution < -0.4 is 10.6 Å². The Balaban J connectivity index is 1.95. The van der Waals surface area contributed by atoms with Gasteiger partial charge in [-0.25, -0.2) is 4.79 Å². The Labute approximate surface area is 185 Å². The van der Waals surface area contributed by atoms with Crippen molar-refractivity contribution in [2.75, 3.05) is 12.8 Å². The van der Waals surface area contributed by atoms with Gasteiger partial charge in [0.2, 0.25) is 0 Å². The molecule has 0 amide bonds. The maximum absolute atomic E-state index is 11.9. The van der Waals surface area contributed by atoms with Gasteiger partial charge in [-0.05, 0) is 55.3 Å². The van der Waals surface area contributed by atoms with Gasteiger partial charge in [0.1, 0.15) is 11.6 Å². The predicted molar refractivity (Wildman–Crippen MR) is 130 cm³/mol. The number of rotatable bonds is 8. The monoisotopic (exact) mass is 428 g/mol. The van der Waals surface area contributed by atoms with Crippen LogP contribution in [0.1, 0.15) is 25.0 Å². The molecule has 0 aliphatic heterocycles. The first-order valence-corrected chi connectivity index (χ1v) is 12.6. The van der Waals surface area contributed by atoms with E-state index in [0.717, 1.165) is 17.9 Å². The molecule has 0 N–H and O–H groups in total. The number of hydrogen-bond donors (Lipinski definition) is 0. The van der Waals surface area contributed by atoms with Crippen molar-refractivity contribution in [3.05, 3.63) is 102 Å². The van der Waals surface area contributed by atoms with Gasteiger partial charge in [-0.2, -0.15) is 5.26 Å². The summed E-state index contributed by atoms with van der Waals surface area (Å²) in [6.45, 7) is 4.26. The van der Waals surface area contributed by atoms with Gasteiger partial charge in [-0.3, -0.25) is 0 Å². The molecule has 3 rings (SSSR count). The number of esters is 1. The number of nitrogens with zero attached hydrogens (tertiary/aromatic N) is 1. The minimum atomic E-state index is -1.62. The third-order valence-corrected chi connectivity index (χ3v) is 9.96. The summed E-state index contributed by atoms with van der Waals surface area (Å²) in [5, 5.41) is 12.1. The van der Waals surface area contributed by atoms with Crippen molar-refractivity contribution in [2.24, 2.45) is 0 Å². The number of benzene rings is 3. The van der Waals surface area contributed by atoms with E-state index in [4.69, 9.17) is 4.74 Å². The van der Waals surface area contributed by atoms with Gasteiger partial charge < -0.3 is 4.74 Å². The van der Waals surface area contributed by atoms with Crippen molar-refractivity contribution < 1.29 is 9.53 Å². The molecular formula is C27H27NO2P+. The Morgan fingerprint density at radius 3 is 1.90 bits per heavy atom. The van der Waals surface area contributed by atoms with Crippen LogP contribution in [0.3, 0.4) is 0 Å². The molecule has 0 bridgehead atoms. The second kappa shape index (κ2) is 10.7. The molecule has 0 aliphatic rings. The quantitative estimate of drug-likeness (QED) is 0.210. The van der Waals surface area contributed by atoms with Gasteiger partial charge in [-0.15, -0.1) is 0 Å². The van der Waals surface area contributed by atoms with Crippen molar-refractivity contribution in [1.29, 1.82) is 5.26 Å². The van der Waals surface area contributed by atoms with Crippen LogP contribution in [-0.2, 0) is 15.7 Å². The summed E-state index contributed by atoms with van der Waals surface area (Å²) in [6.07, 6.45) is 3.62. The standard InChI is InChI=1S/C27H27NO2P/c1-3-30-27(29)24(20-28)19-22-15-17-23(18-16-22)21-31(4-2,25-11-7-5-8-12-25)26-13-9-6-10-14-26/h5-19H,3-4,21H2,1-2H3/q+1/b24-19+. The average molecular weight is 428 g/mol. The van der Waals surface area contributed by atoms with Crippen LogP contribution in [-0.4, -0.2) is 18.7 Å². The van der Waals surface area contributed by atoms with Crippen molar-refractivity contribution >= 4 is 29.9 Å². The summed E-state index contributed by atoms with van der Waals surface area (Å²) in [5.41, 5.74) is 2.07. The summed E-state index contributed by atoms with van der Waals surface area (Å²) in [6, 6.07) is 31.7. The summed E-state index contributed by atoms with van der Waals surface area (Å²) < 4.78 is 4.94. The number of ether oxygens (including phenoxy) is 1. The second-order valence-electron chi connectivity index (χ2n) is 7.25. The van der Waals surface area contributed by atoms with E-state index in [-0.39, 0.29) is 12.2 Å². The molecule has 0 aliphatic carbocycles. The number of hydrogen-bond acceptors (Lipinski definition) is 3. The fraction of sp³-hybridized carbons (Fsp3) is 0.185. The van der Waals surface area contributed by atoms with Crippen LogP contribution in [0.5, 0.6) is 0 Å². The fourth-order valence-corrected chi connectivity index (χ4v) is 7.72. The van der Waals surface area contributed by atoms with E-state index in [1.54, 1.807) is 13.0 Å². The highest BCUT2D eigenvalue weighted by molar-refractivity contribution is 7.88. The zero-order valence-electron chi connectivity index (χ0n) is 18.0. The molecule has 0 spiro atoms. The fourth-order valence-electron chi connectivity index (χ4n) is 3.78. The van der Waals surface area contributed by atoms with E-state index >= 15 is 0 Å². The van der Waals surface area contributed by atoms with E-state index in [1.165, 1.54) is 16.2 Å². The van der Waals surface area contributed by atoms with Crippen LogP contribution in [0.25, 0.3) is 6.08 Å². The number of nitriles is 1. The molecule has 156 valence electrons. The van der Waals surface area contributed by atoms with Crippen molar-refractivity contribution in [3.63, 3.8) is 0 Å². The number of carbonyl (C=O) groups is 1. The van der Waals surface area contributed by atoms with E-state index < -0.39 is 13.2 Å². The lowest BCUT2D eigenvalue weighted by atomic mass is 10.1. The third kappa shape index (κ3) is 5.29. The molecule has 3 aromatic carbocycles. The Bertz CT molecular complexity index is 1030. The van der Waals surface area contributed by atoms with Crippen LogP contribution in [0.15, 0.2) is 90.5 Å². The Hall–Kier alpha value is -3.21. The molecule has 0 atom stereocenters. The highest BCUT2D eigenvalue weighted by atomic mass is 31.2. The molecule has 3 aromatic rings. The minimum absolute atomic E-state index is 0.0126. The first-order valence-electron chi connectivity index (χ1n) is 10.5. The van der Waals surface area contributed by atoms with Gasteiger partial charge in [0.25, 0.3) is 0 Å². The summed E-state index contributed by atoms with van der Waals surface area (Å²) in [4.78, 5) is 11.9. The van der Waals surface area contributed by atoms with Crippen LogP contribution in [0.4, 0.5) is 0 Å². The van der Waals surface area contributed by atoms with E-state index in [1.807, 2.05) is 18.2 Å². The third-order valence-electron chi connectivity index (χ3n) is 5.40. The normalized spacial score (nSPS) is 11.6. The summed E-state index contributed by atoms with van der Waals surface area (Å²) in [5.74, 6) is -0.585. The first-order chi connectivity index (χ1) is 15.1. The van der Waals surface area contributed by atoms with E-state index in [2.05, 4.69) is 79.7 Å². The zero-order chi connectivity index (χ0) is 22.1. The zero-order valence-corrected chi connectivity index (χ0v) is 18.9. The maximum atomic E-state index is 11.9. The average Bonchev–Trinajstić information content (AvgIpc) is 2.83. The topological polar surface area (TPSA) is 50.1 Å². The highest BCUT2D eigenvalue weighted by Crippen LogP contribution is 2.58. The lowest BCUT2D eigenvalue weighted by Crippen LogP contribution is -2.25. The number of carbonyl (C=O) groups excluding carboxylic acids is 1. The molecular weight excluding hydrogens is 401 g/mol. The lowest BCUT2D eigenvalue weighted by molar-refractivity contribution is -0.137. The molecule has 0 radical (unpaired) electrons. The predicted octanol–water partition coefficient (Wildman–Crippen LogP) is 5.35. The highest BCUT2D eigenvalue weighted by Gasteiger charge is 2.40. The smallest absolute Gasteiger partial charge is 0.348 e. The minimum Gasteiger partial charge on any atom is -0.462 e. The van der Waals surface area contributed by atoms with Gasteiger partial charge in [-0.1, -0.05) is 60.7 Å². The van der Waals surface area contributed by atoms with Gasteiger partial charge in [0.15, 0.2) is 0 Å².